The molecule has 2 nitrogen and oxygen atoms in total. The second kappa shape index (κ2) is 5.94. The molecule has 0 radical (unpaired) electrons. The number of aliphatic hydroxyl groups excluding tert-OH is 1. The van der Waals surface area contributed by atoms with E-state index in [0.29, 0.717) is 11.5 Å². The van der Waals surface area contributed by atoms with Gasteiger partial charge in [0.25, 0.3) is 0 Å². The zero-order valence-electron chi connectivity index (χ0n) is 8.31. The molecule has 0 aliphatic carbocycles. The smallest absolute Gasteiger partial charge is 0.119 e. The van der Waals surface area contributed by atoms with Crippen molar-refractivity contribution in [2.24, 2.45) is 0 Å². The number of phenolic OH excluding ortho intramolecular Hbond substituents is 1. The summed E-state index contributed by atoms with van der Waals surface area (Å²) in [7, 11) is 0. The predicted octanol–water partition coefficient (Wildman–Crippen LogP) is 2.57. The van der Waals surface area contributed by atoms with Gasteiger partial charge in [-0.05, 0) is 12.5 Å². The van der Waals surface area contributed by atoms with Gasteiger partial charge in [0.15, 0.2) is 0 Å². The van der Waals surface area contributed by atoms with Gasteiger partial charge in [-0.2, -0.15) is 11.8 Å². The lowest BCUT2D eigenvalue weighted by molar-refractivity contribution is 0.322. The molecule has 0 aliphatic heterocycles. The maximum absolute atomic E-state index is 9.64. The van der Waals surface area contributed by atoms with E-state index in [1.807, 2.05) is 18.2 Å². The molecular formula is C11H16O2S. The van der Waals surface area contributed by atoms with Crippen molar-refractivity contribution in [2.75, 3.05) is 12.4 Å². The maximum Gasteiger partial charge on any atom is 0.119 e. The first-order valence-electron chi connectivity index (χ1n) is 4.80. The van der Waals surface area contributed by atoms with Gasteiger partial charge in [0.05, 0.1) is 6.61 Å². The SMILES string of the molecule is CCC(SCCO)c1ccccc1O. The molecule has 0 bridgehead atoms. The molecule has 1 atom stereocenters. The molecule has 0 saturated heterocycles. The number of hydrogen-bond acceptors (Lipinski definition) is 3. The zero-order valence-corrected chi connectivity index (χ0v) is 9.13. The molecule has 1 unspecified atom stereocenters. The van der Waals surface area contributed by atoms with Crippen molar-refractivity contribution in [1.29, 1.82) is 0 Å². The Bertz CT molecular complexity index is 276. The fourth-order valence-electron chi connectivity index (χ4n) is 1.38. The van der Waals surface area contributed by atoms with Crippen LogP contribution in [0.3, 0.4) is 0 Å². The molecule has 0 amide bonds. The summed E-state index contributed by atoms with van der Waals surface area (Å²) in [6.45, 7) is 2.27. The highest BCUT2D eigenvalue weighted by Crippen LogP contribution is 2.36. The fourth-order valence-corrected chi connectivity index (χ4v) is 2.39. The van der Waals surface area contributed by atoms with Crippen LogP contribution >= 0.6 is 11.8 Å². The third-order valence-electron chi connectivity index (χ3n) is 2.06. The van der Waals surface area contributed by atoms with E-state index in [1.54, 1.807) is 17.8 Å². The van der Waals surface area contributed by atoms with Gasteiger partial charge in [0, 0.05) is 16.6 Å². The minimum Gasteiger partial charge on any atom is -0.508 e. The fraction of sp³-hybridized carbons (Fsp3) is 0.455. The molecule has 1 aromatic carbocycles. The minimum atomic E-state index is 0.189. The van der Waals surface area contributed by atoms with Crippen LogP contribution in [0.2, 0.25) is 0 Å². The van der Waals surface area contributed by atoms with Gasteiger partial charge in [-0.1, -0.05) is 25.1 Å². The number of thioether (sulfide) groups is 1. The second-order valence-electron chi connectivity index (χ2n) is 3.05. The Labute approximate surface area is 89.0 Å². The van der Waals surface area contributed by atoms with Crippen LogP contribution in [0.15, 0.2) is 24.3 Å². The van der Waals surface area contributed by atoms with E-state index in [2.05, 4.69) is 6.92 Å². The Kier molecular flexibility index (Phi) is 4.84. The average molecular weight is 212 g/mol. The molecule has 0 spiro atoms. The number of phenols is 1. The number of benzene rings is 1. The Morgan fingerprint density at radius 2 is 2.07 bits per heavy atom. The normalized spacial score (nSPS) is 12.7. The van der Waals surface area contributed by atoms with Gasteiger partial charge in [0.1, 0.15) is 5.75 Å². The summed E-state index contributed by atoms with van der Waals surface area (Å²) in [6, 6.07) is 7.39. The molecule has 1 rings (SSSR count). The average Bonchev–Trinajstić information content (AvgIpc) is 2.21. The summed E-state index contributed by atoms with van der Waals surface area (Å²) in [5.74, 6) is 1.07. The van der Waals surface area contributed by atoms with Crippen molar-refractivity contribution in [3.63, 3.8) is 0 Å². The maximum atomic E-state index is 9.64. The summed E-state index contributed by atoms with van der Waals surface area (Å²) < 4.78 is 0. The van der Waals surface area contributed by atoms with Gasteiger partial charge in [-0.25, -0.2) is 0 Å². The zero-order chi connectivity index (χ0) is 10.4. The lowest BCUT2D eigenvalue weighted by Crippen LogP contribution is -1.96. The number of aliphatic hydroxyl groups is 1. The number of para-hydroxylation sites is 1. The third-order valence-corrected chi connectivity index (χ3v) is 3.47. The van der Waals surface area contributed by atoms with Crippen molar-refractivity contribution in [2.45, 2.75) is 18.6 Å². The molecule has 0 aliphatic rings. The van der Waals surface area contributed by atoms with Crippen LogP contribution in [0.1, 0.15) is 24.2 Å². The predicted molar refractivity (Wildman–Crippen MR) is 60.7 cm³/mol. The highest BCUT2D eigenvalue weighted by molar-refractivity contribution is 7.99. The van der Waals surface area contributed by atoms with Gasteiger partial charge >= 0.3 is 0 Å². The standard InChI is InChI=1S/C11H16O2S/c1-2-11(14-8-7-12)9-5-3-4-6-10(9)13/h3-6,11-13H,2,7-8H2,1H3. The van der Waals surface area contributed by atoms with E-state index in [9.17, 15) is 5.11 Å². The Morgan fingerprint density at radius 3 is 2.64 bits per heavy atom. The van der Waals surface area contributed by atoms with Crippen LogP contribution in [0.25, 0.3) is 0 Å². The molecule has 0 fully saturated rings. The van der Waals surface area contributed by atoms with Crippen molar-refractivity contribution in [1.82, 2.24) is 0 Å². The van der Waals surface area contributed by atoms with E-state index < -0.39 is 0 Å². The van der Waals surface area contributed by atoms with Gasteiger partial charge in [-0.3, -0.25) is 0 Å². The van der Waals surface area contributed by atoms with Crippen molar-refractivity contribution in [3.05, 3.63) is 29.8 Å². The molecular weight excluding hydrogens is 196 g/mol. The van der Waals surface area contributed by atoms with Crippen LogP contribution in [-0.2, 0) is 0 Å². The topological polar surface area (TPSA) is 40.5 Å². The van der Waals surface area contributed by atoms with Crippen molar-refractivity contribution in [3.8, 4) is 5.75 Å². The van der Waals surface area contributed by atoms with Crippen LogP contribution < -0.4 is 0 Å². The van der Waals surface area contributed by atoms with Crippen molar-refractivity contribution < 1.29 is 10.2 Å². The Morgan fingerprint density at radius 1 is 1.36 bits per heavy atom. The molecule has 78 valence electrons. The first-order chi connectivity index (χ1) is 6.79. The minimum absolute atomic E-state index is 0.189. The van der Waals surface area contributed by atoms with Gasteiger partial charge < -0.3 is 10.2 Å². The van der Waals surface area contributed by atoms with Gasteiger partial charge in [-0.15, -0.1) is 0 Å². The third kappa shape index (κ3) is 2.93. The molecule has 0 heterocycles. The first-order valence-corrected chi connectivity index (χ1v) is 5.84. The van der Waals surface area contributed by atoms with Crippen LogP contribution in [-0.4, -0.2) is 22.6 Å². The highest BCUT2D eigenvalue weighted by atomic mass is 32.2. The second-order valence-corrected chi connectivity index (χ2v) is 4.36. The quantitative estimate of drug-likeness (QED) is 0.788. The molecule has 14 heavy (non-hydrogen) atoms. The van der Waals surface area contributed by atoms with Crippen LogP contribution in [0.5, 0.6) is 5.75 Å². The molecule has 0 saturated carbocycles. The lowest BCUT2D eigenvalue weighted by atomic mass is 10.1. The molecule has 1 aromatic rings. The van der Waals surface area contributed by atoms with Crippen LogP contribution in [0, 0.1) is 0 Å². The number of rotatable bonds is 5. The highest BCUT2D eigenvalue weighted by Gasteiger charge is 2.12. The first kappa shape index (κ1) is 11.4. The van der Waals surface area contributed by atoms with E-state index in [1.165, 1.54) is 0 Å². The lowest BCUT2D eigenvalue weighted by Gasteiger charge is -2.15. The van der Waals surface area contributed by atoms with E-state index >= 15 is 0 Å². The van der Waals surface area contributed by atoms with Gasteiger partial charge in [0.2, 0.25) is 0 Å². The molecule has 3 heteroatoms. The largest absolute Gasteiger partial charge is 0.508 e. The monoisotopic (exact) mass is 212 g/mol. The van der Waals surface area contributed by atoms with Crippen molar-refractivity contribution >= 4 is 11.8 Å². The summed E-state index contributed by atoms with van der Waals surface area (Å²) in [5, 5.41) is 18.7. The van der Waals surface area contributed by atoms with E-state index in [0.717, 1.165) is 12.0 Å². The molecule has 0 aromatic heterocycles. The number of aromatic hydroxyl groups is 1. The van der Waals surface area contributed by atoms with E-state index in [4.69, 9.17) is 5.11 Å². The summed E-state index contributed by atoms with van der Waals surface area (Å²) in [4.78, 5) is 0. The van der Waals surface area contributed by atoms with Crippen LogP contribution in [0.4, 0.5) is 0 Å². The van der Waals surface area contributed by atoms with E-state index in [-0.39, 0.29) is 11.9 Å². The molecule has 2 N–H and O–H groups in total. The Balaban J connectivity index is 2.73. The number of hydrogen-bond donors (Lipinski definition) is 2. The Hall–Kier alpha value is -0.670. The summed E-state index contributed by atoms with van der Waals surface area (Å²) in [6.07, 6.45) is 0.961. The summed E-state index contributed by atoms with van der Waals surface area (Å²) >= 11 is 1.68. The summed E-state index contributed by atoms with van der Waals surface area (Å²) in [5.41, 5.74) is 0.966.